The van der Waals surface area contributed by atoms with Crippen LogP contribution in [-0.2, 0) is 19.1 Å². The molecule has 1 fully saturated rings. The molecule has 1 atom stereocenters. The number of piperazine rings is 1. The van der Waals surface area contributed by atoms with Crippen LogP contribution in [0.15, 0.2) is 54.9 Å². The van der Waals surface area contributed by atoms with Crippen LogP contribution >= 0.6 is 11.3 Å². The quantitative estimate of drug-likeness (QED) is 0.267. The zero-order chi connectivity index (χ0) is 28.1. The largest absolute Gasteiger partial charge is 0.491 e. The van der Waals surface area contributed by atoms with Crippen molar-refractivity contribution < 1.29 is 23.0 Å². The highest BCUT2D eigenvalue weighted by Crippen LogP contribution is 2.31. The van der Waals surface area contributed by atoms with Crippen molar-refractivity contribution in [2.75, 3.05) is 45.9 Å². The van der Waals surface area contributed by atoms with E-state index in [0.717, 1.165) is 84.2 Å². The van der Waals surface area contributed by atoms with Gasteiger partial charge in [0.15, 0.2) is 0 Å². The predicted octanol–water partition coefficient (Wildman–Crippen LogP) is 5.19. The maximum absolute atomic E-state index is 12.8. The first-order valence-electron chi connectivity index (χ1n) is 13.6. The molecule has 0 spiro atoms. The molecule has 1 saturated heterocycles. The monoisotopic (exact) mass is 573 g/mol. The fraction of sp³-hybridized carbons (Fsp3) is 0.448. The first-order chi connectivity index (χ1) is 19.3. The molecule has 1 N–H and O–H groups in total. The van der Waals surface area contributed by atoms with Gasteiger partial charge in [-0.05, 0) is 42.7 Å². The second-order valence-electron chi connectivity index (χ2n) is 10.2. The molecule has 0 radical (unpaired) electrons. The van der Waals surface area contributed by atoms with Gasteiger partial charge >= 0.3 is 6.18 Å². The summed E-state index contributed by atoms with van der Waals surface area (Å²) in [5.74, 6) is 0.727. The van der Waals surface area contributed by atoms with Crippen molar-refractivity contribution in [3.8, 4) is 16.9 Å². The second kappa shape index (κ2) is 12.7. The maximum Gasteiger partial charge on any atom is 0.416 e. The number of ether oxygens (including phenoxy) is 1. The third kappa shape index (κ3) is 7.39. The first-order valence-corrected chi connectivity index (χ1v) is 14.4. The normalized spacial score (nSPS) is 16.0. The molecule has 40 heavy (non-hydrogen) atoms. The number of halogens is 3. The summed E-state index contributed by atoms with van der Waals surface area (Å²) in [5.41, 5.74) is 1.79. The van der Waals surface area contributed by atoms with Gasteiger partial charge < -0.3 is 9.84 Å². The molecule has 0 amide bonds. The number of fused-ring (bicyclic) bond motifs is 1. The topological polar surface area (TPSA) is 66.7 Å². The number of aromatic nitrogens is 3. The van der Waals surface area contributed by atoms with Crippen LogP contribution in [0.1, 0.15) is 23.9 Å². The number of benzene rings is 2. The van der Waals surface area contributed by atoms with Gasteiger partial charge in [0.1, 0.15) is 18.5 Å². The molecular weight excluding hydrogens is 539 g/mol. The van der Waals surface area contributed by atoms with Crippen molar-refractivity contribution >= 4 is 21.6 Å². The van der Waals surface area contributed by atoms with Crippen molar-refractivity contribution in [1.82, 2.24) is 24.6 Å². The minimum atomic E-state index is -4.34. The lowest BCUT2D eigenvalue weighted by Crippen LogP contribution is -2.49. The van der Waals surface area contributed by atoms with Crippen LogP contribution in [0.5, 0.6) is 5.75 Å². The first kappa shape index (κ1) is 28.5. The molecule has 2 aromatic carbocycles. The molecule has 4 aromatic rings. The summed E-state index contributed by atoms with van der Waals surface area (Å²) in [6, 6.07) is 11.1. The van der Waals surface area contributed by atoms with Gasteiger partial charge in [-0.15, -0.1) is 11.3 Å². The van der Waals surface area contributed by atoms with Gasteiger partial charge in [-0.2, -0.15) is 18.3 Å². The van der Waals surface area contributed by atoms with Crippen LogP contribution in [-0.4, -0.2) is 81.7 Å². The molecule has 1 aliphatic heterocycles. The lowest BCUT2D eigenvalue weighted by atomic mass is 10.1. The Labute approximate surface area is 235 Å². The number of hydrogen-bond donors (Lipinski definition) is 1. The number of β-amino-alcohol motifs (C(OH)–C–C–N with tert-alkyl or cyclic N) is 1. The summed E-state index contributed by atoms with van der Waals surface area (Å²) >= 11 is 1.72. The number of rotatable bonds is 11. The van der Waals surface area contributed by atoms with Gasteiger partial charge in [-0.3, -0.25) is 14.5 Å². The van der Waals surface area contributed by atoms with Crippen LogP contribution in [0.25, 0.3) is 21.3 Å². The number of hydrogen-bond acceptors (Lipinski definition) is 7. The van der Waals surface area contributed by atoms with Gasteiger partial charge in [0.05, 0.1) is 33.5 Å². The summed E-state index contributed by atoms with van der Waals surface area (Å²) < 4.78 is 47.3. The van der Waals surface area contributed by atoms with Crippen LogP contribution in [0, 0.1) is 0 Å². The van der Waals surface area contributed by atoms with Crippen molar-refractivity contribution in [3.05, 3.63) is 65.4 Å². The fourth-order valence-corrected chi connectivity index (χ4v) is 5.88. The third-order valence-corrected chi connectivity index (χ3v) is 8.16. The third-order valence-electron chi connectivity index (χ3n) is 7.07. The smallest absolute Gasteiger partial charge is 0.416 e. The molecular formula is C29H34F3N5O2S. The van der Waals surface area contributed by atoms with Gasteiger partial charge in [0.25, 0.3) is 0 Å². The Morgan fingerprint density at radius 2 is 1.75 bits per heavy atom. The van der Waals surface area contributed by atoms with E-state index < -0.39 is 17.8 Å². The van der Waals surface area contributed by atoms with Crippen LogP contribution in [0.3, 0.4) is 0 Å². The molecule has 0 aliphatic carbocycles. The minimum Gasteiger partial charge on any atom is -0.491 e. The molecule has 0 saturated carbocycles. The average Bonchev–Trinajstić information content (AvgIpc) is 3.58. The van der Waals surface area contributed by atoms with E-state index in [1.165, 1.54) is 12.1 Å². The van der Waals surface area contributed by atoms with Crippen molar-refractivity contribution in [2.45, 2.75) is 38.6 Å². The maximum atomic E-state index is 12.8. The highest BCUT2D eigenvalue weighted by Gasteiger charge is 2.30. The highest BCUT2D eigenvalue weighted by atomic mass is 32.1. The number of aliphatic hydroxyl groups excluding tert-OH is 1. The number of alkyl halides is 3. The zero-order valence-electron chi connectivity index (χ0n) is 22.5. The number of nitrogens with zero attached hydrogens (tertiary/aromatic N) is 5. The van der Waals surface area contributed by atoms with Crippen molar-refractivity contribution in [1.29, 1.82) is 0 Å². The molecule has 1 aliphatic rings. The van der Waals surface area contributed by atoms with Gasteiger partial charge in [-0.25, -0.2) is 4.98 Å². The van der Waals surface area contributed by atoms with E-state index >= 15 is 0 Å². The second-order valence-corrected chi connectivity index (χ2v) is 11.3. The average molecular weight is 574 g/mol. The standard InChI is InChI=1S/C29H34F3N5O2S/c1-2-3-28-34-26-16-25(8-9-27(26)40-28)39-20-24(38)19-36-12-10-35(11-13-36)14-15-37-18-22(17-33-37)21-4-6-23(7-5-21)29(30,31)32/h4-9,16-18,24,38H,2-3,10-15,19-20H2,1H3/t24-/m0/s1. The lowest BCUT2D eigenvalue weighted by molar-refractivity contribution is -0.137. The fourth-order valence-electron chi connectivity index (χ4n) is 4.83. The Hall–Kier alpha value is -2.99. The summed E-state index contributed by atoms with van der Waals surface area (Å²) in [5, 5.41) is 16.1. The van der Waals surface area contributed by atoms with E-state index in [1.54, 1.807) is 17.5 Å². The molecule has 0 bridgehead atoms. The molecule has 214 valence electrons. The molecule has 0 unspecified atom stereocenters. The Bertz CT molecular complexity index is 1380. The lowest BCUT2D eigenvalue weighted by Gasteiger charge is -2.35. The SMILES string of the molecule is CCCc1nc2cc(OC[C@@H](O)CN3CCN(CCn4cc(-c5ccc(C(F)(F)F)cc5)cn4)CC3)ccc2s1. The minimum absolute atomic E-state index is 0.234. The summed E-state index contributed by atoms with van der Waals surface area (Å²) in [4.78, 5) is 9.28. The summed E-state index contributed by atoms with van der Waals surface area (Å²) in [7, 11) is 0. The van der Waals surface area contributed by atoms with Crippen LogP contribution in [0.4, 0.5) is 13.2 Å². The molecule has 7 nitrogen and oxygen atoms in total. The van der Waals surface area contributed by atoms with Gasteiger partial charge in [0, 0.05) is 57.1 Å². The molecule has 2 aromatic heterocycles. The van der Waals surface area contributed by atoms with Crippen LogP contribution in [0.2, 0.25) is 0 Å². The Morgan fingerprint density at radius 3 is 2.48 bits per heavy atom. The van der Waals surface area contributed by atoms with E-state index in [1.807, 2.05) is 29.1 Å². The van der Waals surface area contributed by atoms with Crippen molar-refractivity contribution in [3.63, 3.8) is 0 Å². The predicted molar refractivity (Wildman–Crippen MR) is 151 cm³/mol. The van der Waals surface area contributed by atoms with E-state index in [4.69, 9.17) is 4.74 Å². The van der Waals surface area contributed by atoms with E-state index in [-0.39, 0.29) is 6.61 Å². The van der Waals surface area contributed by atoms with Crippen molar-refractivity contribution in [2.24, 2.45) is 0 Å². The van der Waals surface area contributed by atoms with Crippen LogP contribution < -0.4 is 4.74 Å². The molecule has 11 heteroatoms. The summed E-state index contributed by atoms with van der Waals surface area (Å²) in [6.07, 6.45) is 0.685. The molecule has 5 rings (SSSR count). The number of aryl methyl sites for hydroxylation is 1. The van der Waals surface area contributed by atoms with E-state index in [0.29, 0.717) is 18.7 Å². The molecule has 3 heterocycles. The zero-order valence-corrected chi connectivity index (χ0v) is 23.3. The van der Waals surface area contributed by atoms with Gasteiger partial charge in [-0.1, -0.05) is 19.1 Å². The number of thiazole rings is 1. The summed E-state index contributed by atoms with van der Waals surface area (Å²) in [6.45, 7) is 7.96. The Morgan fingerprint density at radius 1 is 1.00 bits per heavy atom. The van der Waals surface area contributed by atoms with E-state index in [2.05, 4.69) is 26.8 Å². The highest BCUT2D eigenvalue weighted by molar-refractivity contribution is 7.18. The Kier molecular flexibility index (Phi) is 9.04. The van der Waals surface area contributed by atoms with E-state index in [9.17, 15) is 18.3 Å². The Balaban J connectivity index is 1.02. The van der Waals surface area contributed by atoms with Gasteiger partial charge in [0.2, 0.25) is 0 Å². The number of aliphatic hydroxyl groups is 1.